The average Bonchev–Trinajstić information content (AvgIpc) is 3.10. The van der Waals surface area contributed by atoms with Gasteiger partial charge < -0.3 is 9.47 Å². The Balaban J connectivity index is 1.35. The van der Waals surface area contributed by atoms with Crippen molar-refractivity contribution in [2.45, 2.75) is 19.9 Å². The van der Waals surface area contributed by atoms with E-state index in [0.29, 0.717) is 23.8 Å². The quantitative estimate of drug-likeness (QED) is 0.540. The third-order valence-electron chi connectivity index (χ3n) is 5.64. The summed E-state index contributed by atoms with van der Waals surface area (Å²) in [6, 6.07) is 13.5. The fourth-order valence-corrected chi connectivity index (χ4v) is 4.12. The maximum atomic E-state index is 13.0. The van der Waals surface area contributed by atoms with E-state index in [1.54, 1.807) is 18.5 Å². The molecule has 2 aliphatic rings. The molecule has 0 N–H and O–H groups in total. The summed E-state index contributed by atoms with van der Waals surface area (Å²) in [5.41, 5.74) is 4.59. The molecule has 0 unspecified atom stereocenters. The Morgan fingerprint density at radius 1 is 1.13 bits per heavy atom. The van der Waals surface area contributed by atoms with E-state index in [4.69, 9.17) is 21.1 Å². The first-order valence-corrected chi connectivity index (χ1v) is 10.6. The van der Waals surface area contributed by atoms with Gasteiger partial charge in [0.2, 0.25) is 5.78 Å². The van der Waals surface area contributed by atoms with Gasteiger partial charge >= 0.3 is 0 Å². The third kappa shape index (κ3) is 3.94. The van der Waals surface area contributed by atoms with Gasteiger partial charge in [0.1, 0.15) is 18.2 Å². The summed E-state index contributed by atoms with van der Waals surface area (Å²) >= 11 is 5.97. The molecule has 0 saturated heterocycles. The SMILES string of the molecule is Cc1c2c(cc3c1O/C(=C\c1ccncc1)C3=O)CN(CCc1ccc(Cl)cc1)CO2. The minimum atomic E-state index is -0.101. The molecule has 1 aromatic heterocycles. The van der Waals surface area contributed by atoms with Crippen LogP contribution in [0.1, 0.15) is 32.6 Å². The summed E-state index contributed by atoms with van der Waals surface area (Å²) in [4.78, 5) is 19.2. The Morgan fingerprint density at radius 2 is 1.90 bits per heavy atom. The molecule has 0 radical (unpaired) electrons. The van der Waals surface area contributed by atoms with Crippen LogP contribution < -0.4 is 9.47 Å². The molecule has 6 heteroatoms. The molecule has 5 nitrogen and oxygen atoms in total. The first-order valence-electron chi connectivity index (χ1n) is 10.2. The second-order valence-corrected chi connectivity index (χ2v) is 8.23. The number of ketones is 1. The van der Waals surface area contributed by atoms with Crippen molar-refractivity contribution in [2.24, 2.45) is 0 Å². The summed E-state index contributed by atoms with van der Waals surface area (Å²) in [7, 11) is 0. The van der Waals surface area contributed by atoms with E-state index < -0.39 is 0 Å². The highest BCUT2D eigenvalue weighted by molar-refractivity contribution is 6.30. The monoisotopic (exact) mass is 432 g/mol. The number of benzene rings is 2. The summed E-state index contributed by atoms with van der Waals surface area (Å²) in [5, 5.41) is 0.743. The molecule has 0 saturated carbocycles. The Kier molecular flexibility index (Phi) is 5.22. The normalized spacial score (nSPS) is 16.6. The number of hydrogen-bond acceptors (Lipinski definition) is 5. The first-order chi connectivity index (χ1) is 15.1. The highest BCUT2D eigenvalue weighted by atomic mass is 35.5. The van der Waals surface area contributed by atoms with E-state index in [-0.39, 0.29) is 5.78 Å². The number of carbonyl (C=O) groups excluding carboxylic acids is 1. The van der Waals surface area contributed by atoms with Crippen molar-refractivity contribution in [2.75, 3.05) is 13.3 Å². The molecule has 31 heavy (non-hydrogen) atoms. The number of Topliss-reactive ketones (excluding diaryl/α,β-unsaturated/α-hetero) is 1. The van der Waals surface area contributed by atoms with Crippen LogP contribution in [0.25, 0.3) is 6.08 Å². The number of pyridine rings is 1. The van der Waals surface area contributed by atoms with E-state index in [9.17, 15) is 4.79 Å². The number of allylic oxidation sites excluding steroid dienone is 1. The van der Waals surface area contributed by atoms with Crippen LogP contribution in [0.2, 0.25) is 5.02 Å². The Hall–Kier alpha value is -3.15. The van der Waals surface area contributed by atoms with Gasteiger partial charge in [-0.15, -0.1) is 0 Å². The molecule has 5 rings (SSSR count). The molecule has 156 valence electrons. The zero-order chi connectivity index (χ0) is 21.4. The van der Waals surface area contributed by atoms with Gasteiger partial charge in [0.05, 0.1) is 5.56 Å². The van der Waals surface area contributed by atoms with Crippen LogP contribution in [-0.2, 0) is 13.0 Å². The van der Waals surface area contributed by atoms with Gasteiger partial charge in [0.25, 0.3) is 0 Å². The maximum absolute atomic E-state index is 13.0. The lowest BCUT2D eigenvalue weighted by Crippen LogP contribution is -2.34. The largest absolute Gasteiger partial charge is 0.477 e. The molecular formula is C25H21ClN2O3. The number of ether oxygens (including phenoxy) is 2. The smallest absolute Gasteiger partial charge is 0.231 e. The van der Waals surface area contributed by atoms with Crippen LogP contribution in [0.4, 0.5) is 0 Å². The molecule has 0 atom stereocenters. The summed E-state index contributed by atoms with van der Waals surface area (Å²) < 4.78 is 12.0. The molecule has 0 bridgehead atoms. The van der Waals surface area contributed by atoms with Crippen LogP contribution in [0.3, 0.4) is 0 Å². The Labute approximate surface area is 185 Å². The van der Waals surface area contributed by atoms with Crippen molar-refractivity contribution in [3.63, 3.8) is 0 Å². The number of nitrogens with zero attached hydrogens (tertiary/aromatic N) is 2. The van der Waals surface area contributed by atoms with Gasteiger partial charge in [-0.2, -0.15) is 0 Å². The third-order valence-corrected chi connectivity index (χ3v) is 5.89. The van der Waals surface area contributed by atoms with Crippen molar-refractivity contribution >= 4 is 23.5 Å². The van der Waals surface area contributed by atoms with E-state index in [2.05, 4.69) is 9.88 Å². The van der Waals surface area contributed by atoms with Gasteiger partial charge in [0.15, 0.2) is 5.76 Å². The standard InChI is InChI=1S/C25H21ClN2O3/c1-16-24-19(14-28(15-30-24)11-8-17-2-4-20(26)5-3-17)13-21-23(29)22(31-25(16)21)12-18-6-9-27-10-7-18/h2-7,9-10,12-13H,8,11,14-15H2,1H3/b22-12-. The van der Waals surface area contributed by atoms with Crippen molar-refractivity contribution < 1.29 is 14.3 Å². The summed E-state index contributed by atoms with van der Waals surface area (Å²) in [6.45, 7) is 4.04. The highest BCUT2D eigenvalue weighted by Gasteiger charge is 2.33. The van der Waals surface area contributed by atoms with Crippen LogP contribution in [-0.4, -0.2) is 28.9 Å². The molecule has 3 aromatic rings. The highest BCUT2D eigenvalue weighted by Crippen LogP contribution is 2.43. The van der Waals surface area contributed by atoms with Crippen molar-refractivity contribution in [1.82, 2.24) is 9.88 Å². The van der Waals surface area contributed by atoms with Gasteiger partial charge in [-0.25, -0.2) is 0 Å². The van der Waals surface area contributed by atoms with Crippen LogP contribution >= 0.6 is 11.6 Å². The van der Waals surface area contributed by atoms with E-state index in [1.165, 1.54) is 5.56 Å². The van der Waals surface area contributed by atoms with Crippen molar-refractivity contribution in [3.05, 3.63) is 93.5 Å². The van der Waals surface area contributed by atoms with Gasteiger partial charge in [-0.3, -0.25) is 14.7 Å². The summed E-state index contributed by atoms with van der Waals surface area (Å²) in [6.07, 6.45) is 6.03. The number of halogens is 1. The molecule has 0 fully saturated rings. The van der Waals surface area contributed by atoms with Crippen LogP contribution in [0.15, 0.2) is 60.6 Å². The zero-order valence-corrected chi connectivity index (χ0v) is 17.9. The molecule has 0 aliphatic carbocycles. The molecule has 2 aromatic carbocycles. The number of hydrogen-bond donors (Lipinski definition) is 0. The molecule has 3 heterocycles. The predicted octanol–water partition coefficient (Wildman–Crippen LogP) is 5.05. The first kappa shape index (κ1) is 19.8. The second-order valence-electron chi connectivity index (χ2n) is 7.79. The fourth-order valence-electron chi connectivity index (χ4n) is 3.99. The lowest BCUT2D eigenvalue weighted by molar-refractivity contribution is 0.0954. The fraction of sp³-hybridized carbons (Fsp3) is 0.200. The van der Waals surface area contributed by atoms with Crippen LogP contribution in [0, 0.1) is 6.92 Å². The average molecular weight is 433 g/mol. The molecule has 0 spiro atoms. The topological polar surface area (TPSA) is 51.7 Å². The van der Waals surface area contributed by atoms with Crippen LogP contribution in [0.5, 0.6) is 11.5 Å². The molecule has 2 aliphatic heterocycles. The number of aromatic nitrogens is 1. The predicted molar refractivity (Wildman–Crippen MR) is 119 cm³/mol. The number of fused-ring (bicyclic) bond motifs is 2. The molecule has 0 amide bonds. The number of rotatable bonds is 4. The van der Waals surface area contributed by atoms with E-state index in [0.717, 1.165) is 47.0 Å². The van der Waals surface area contributed by atoms with Crippen molar-refractivity contribution in [1.29, 1.82) is 0 Å². The van der Waals surface area contributed by atoms with Gasteiger partial charge in [0, 0.05) is 41.6 Å². The van der Waals surface area contributed by atoms with E-state index in [1.807, 2.05) is 49.4 Å². The Bertz CT molecular complexity index is 1170. The minimum absolute atomic E-state index is 0.101. The van der Waals surface area contributed by atoms with E-state index >= 15 is 0 Å². The van der Waals surface area contributed by atoms with Crippen molar-refractivity contribution in [3.8, 4) is 11.5 Å². The van der Waals surface area contributed by atoms with Gasteiger partial charge in [-0.1, -0.05) is 23.7 Å². The summed E-state index contributed by atoms with van der Waals surface area (Å²) in [5.74, 6) is 1.64. The molecular weight excluding hydrogens is 412 g/mol. The minimum Gasteiger partial charge on any atom is -0.477 e. The number of carbonyl (C=O) groups is 1. The maximum Gasteiger partial charge on any atom is 0.231 e. The lowest BCUT2D eigenvalue weighted by atomic mass is 10.00. The zero-order valence-electron chi connectivity index (χ0n) is 17.1. The lowest BCUT2D eigenvalue weighted by Gasteiger charge is -2.30. The Morgan fingerprint density at radius 3 is 2.68 bits per heavy atom. The second kappa shape index (κ2) is 8.17. The van der Waals surface area contributed by atoms with Gasteiger partial charge in [-0.05, 0) is 60.9 Å².